The first kappa shape index (κ1) is 15.0. The van der Waals surface area contributed by atoms with E-state index in [4.69, 9.17) is 0 Å². The minimum atomic E-state index is -4.03. The molecule has 0 radical (unpaired) electrons. The minimum Gasteiger partial charge on any atom is -0.313 e. The highest BCUT2D eigenvalue weighted by Gasteiger charge is 2.25. The van der Waals surface area contributed by atoms with Gasteiger partial charge in [-0.25, -0.2) is 0 Å². The van der Waals surface area contributed by atoms with Gasteiger partial charge in [0.1, 0.15) is 0 Å². The van der Waals surface area contributed by atoms with Gasteiger partial charge >= 0.3 is 6.18 Å². The van der Waals surface area contributed by atoms with Crippen LogP contribution in [0, 0.1) is 13.8 Å². The van der Waals surface area contributed by atoms with Crippen molar-refractivity contribution in [1.82, 2.24) is 15.1 Å². The zero-order chi connectivity index (χ0) is 13.8. The van der Waals surface area contributed by atoms with Crippen molar-refractivity contribution < 1.29 is 13.2 Å². The zero-order valence-electron chi connectivity index (χ0n) is 11.1. The van der Waals surface area contributed by atoms with Gasteiger partial charge < -0.3 is 5.32 Å². The Morgan fingerprint density at radius 1 is 1.22 bits per heavy atom. The molecule has 0 atom stereocenters. The van der Waals surface area contributed by atoms with Crippen molar-refractivity contribution in [2.45, 2.75) is 45.8 Å². The Labute approximate surface area is 105 Å². The molecule has 0 aliphatic carbocycles. The van der Waals surface area contributed by atoms with Crippen molar-refractivity contribution in [1.29, 1.82) is 0 Å². The molecule has 1 aromatic rings. The van der Waals surface area contributed by atoms with Crippen LogP contribution in [-0.4, -0.2) is 22.5 Å². The Hall–Kier alpha value is -1.04. The third-order valence-corrected chi connectivity index (χ3v) is 3.02. The SMILES string of the molecule is Cc1nn(C)c(C)c1CNCCCCC(F)(F)F. The molecule has 1 N–H and O–H groups in total. The number of rotatable bonds is 6. The molecular formula is C12H20F3N3. The third kappa shape index (κ3) is 4.68. The number of nitrogens with one attached hydrogen (secondary N) is 1. The predicted molar refractivity (Wildman–Crippen MR) is 64.3 cm³/mol. The summed E-state index contributed by atoms with van der Waals surface area (Å²) < 4.78 is 37.5. The number of aryl methyl sites for hydroxylation is 2. The maximum atomic E-state index is 11.9. The molecule has 0 aliphatic rings. The van der Waals surface area contributed by atoms with Crippen LogP contribution in [0.4, 0.5) is 13.2 Å². The lowest BCUT2D eigenvalue weighted by molar-refractivity contribution is -0.135. The summed E-state index contributed by atoms with van der Waals surface area (Å²) in [5.74, 6) is 0. The van der Waals surface area contributed by atoms with Gasteiger partial charge in [0.2, 0.25) is 0 Å². The van der Waals surface area contributed by atoms with Crippen LogP contribution in [0.3, 0.4) is 0 Å². The Balaban J connectivity index is 2.22. The van der Waals surface area contributed by atoms with Gasteiger partial charge in [-0.2, -0.15) is 18.3 Å². The fraction of sp³-hybridized carbons (Fsp3) is 0.750. The second kappa shape index (κ2) is 6.22. The molecule has 0 spiro atoms. The summed E-state index contributed by atoms with van der Waals surface area (Å²) in [5.41, 5.74) is 3.20. The average Bonchev–Trinajstić information content (AvgIpc) is 2.47. The van der Waals surface area contributed by atoms with Crippen LogP contribution < -0.4 is 5.32 Å². The van der Waals surface area contributed by atoms with E-state index in [0.717, 1.165) is 17.0 Å². The highest BCUT2D eigenvalue weighted by molar-refractivity contribution is 5.23. The molecule has 0 aromatic carbocycles. The number of hydrogen-bond acceptors (Lipinski definition) is 2. The van der Waals surface area contributed by atoms with E-state index in [1.807, 2.05) is 25.6 Å². The van der Waals surface area contributed by atoms with Crippen LogP contribution in [0.15, 0.2) is 0 Å². The van der Waals surface area contributed by atoms with E-state index in [1.165, 1.54) is 0 Å². The Morgan fingerprint density at radius 2 is 1.89 bits per heavy atom. The van der Waals surface area contributed by atoms with Gasteiger partial charge in [-0.3, -0.25) is 4.68 Å². The molecule has 0 fully saturated rings. The van der Waals surface area contributed by atoms with Crippen LogP contribution in [0.25, 0.3) is 0 Å². The second-order valence-electron chi connectivity index (χ2n) is 4.52. The van der Waals surface area contributed by atoms with E-state index in [2.05, 4.69) is 10.4 Å². The van der Waals surface area contributed by atoms with E-state index >= 15 is 0 Å². The molecule has 1 rings (SSSR count). The first-order valence-electron chi connectivity index (χ1n) is 6.08. The maximum absolute atomic E-state index is 11.9. The van der Waals surface area contributed by atoms with Crippen LogP contribution >= 0.6 is 0 Å². The Bertz CT molecular complexity index is 383. The minimum absolute atomic E-state index is 0.182. The molecule has 0 amide bonds. The van der Waals surface area contributed by atoms with E-state index in [1.54, 1.807) is 0 Å². The number of aromatic nitrogens is 2. The molecule has 18 heavy (non-hydrogen) atoms. The van der Waals surface area contributed by atoms with Gasteiger partial charge in [0, 0.05) is 31.3 Å². The summed E-state index contributed by atoms with van der Waals surface area (Å²) >= 11 is 0. The van der Waals surface area contributed by atoms with Gasteiger partial charge in [0.25, 0.3) is 0 Å². The molecule has 0 aliphatic heterocycles. The molecule has 1 aromatic heterocycles. The third-order valence-electron chi connectivity index (χ3n) is 3.02. The average molecular weight is 263 g/mol. The van der Waals surface area contributed by atoms with Crippen LogP contribution in [0.5, 0.6) is 0 Å². The summed E-state index contributed by atoms with van der Waals surface area (Å²) in [5, 5.41) is 7.45. The van der Waals surface area contributed by atoms with E-state index in [-0.39, 0.29) is 6.42 Å². The van der Waals surface area contributed by atoms with Gasteiger partial charge in [-0.05, 0) is 33.2 Å². The summed E-state index contributed by atoms with van der Waals surface area (Å²) in [6, 6.07) is 0. The highest BCUT2D eigenvalue weighted by Crippen LogP contribution is 2.21. The van der Waals surface area contributed by atoms with Gasteiger partial charge in [0.05, 0.1) is 5.69 Å². The first-order chi connectivity index (χ1) is 8.31. The van der Waals surface area contributed by atoms with Gasteiger partial charge in [0.15, 0.2) is 0 Å². The largest absolute Gasteiger partial charge is 0.389 e. The van der Waals surface area contributed by atoms with Crippen molar-refractivity contribution in [2.24, 2.45) is 7.05 Å². The molecule has 0 unspecified atom stereocenters. The fourth-order valence-electron chi connectivity index (χ4n) is 1.86. The smallest absolute Gasteiger partial charge is 0.313 e. The summed E-state index contributed by atoms with van der Waals surface area (Å²) in [7, 11) is 1.88. The van der Waals surface area contributed by atoms with Crippen LogP contribution in [0.2, 0.25) is 0 Å². The van der Waals surface area contributed by atoms with E-state index < -0.39 is 12.6 Å². The van der Waals surface area contributed by atoms with Crippen molar-refractivity contribution >= 4 is 0 Å². The molecule has 3 nitrogen and oxygen atoms in total. The molecular weight excluding hydrogens is 243 g/mol. The zero-order valence-corrected chi connectivity index (χ0v) is 11.1. The molecule has 0 saturated heterocycles. The lowest BCUT2D eigenvalue weighted by Gasteiger charge is -2.07. The number of hydrogen-bond donors (Lipinski definition) is 1. The topological polar surface area (TPSA) is 29.9 Å². The lowest BCUT2D eigenvalue weighted by atomic mass is 10.2. The Kier molecular flexibility index (Phi) is 5.19. The maximum Gasteiger partial charge on any atom is 0.389 e. The summed E-state index contributed by atoms with van der Waals surface area (Å²) in [6.45, 7) is 5.19. The summed E-state index contributed by atoms with van der Waals surface area (Å²) in [6.07, 6.45) is -4.00. The first-order valence-corrected chi connectivity index (χ1v) is 6.08. The van der Waals surface area contributed by atoms with Crippen molar-refractivity contribution in [3.63, 3.8) is 0 Å². The lowest BCUT2D eigenvalue weighted by Crippen LogP contribution is -2.16. The number of unbranched alkanes of at least 4 members (excludes halogenated alkanes) is 1. The Morgan fingerprint density at radius 3 is 2.39 bits per heavy atom. The molecule has 6 heteroatoms. The monoisotopic (exact) mass is 263 g/mol. The van der Waals surface area contributed by atoms with E-state index in [9.17, 15) is 13.2 Å². The summed E-state index contributed by atoms with van der Waals surface area (Å²) in [4.78, 5) is 0. The van der Waals surface area contributed by atoms with Gasteiger partial charge in [-0.1, -0.05) is 0 Å². The predicted octanol–water partition coefficient (Wildman–Crippen LogP) is 2.86. The molecule has 0 bridgehead atoms. The quantitative estimate of drug-likeness (QED) is 0.800. The molecule has 104 valence electrons. The highest BCUT2D eigenvalue weighted by atomic mass is 19.4. The van der Waals surface area contributed by atoms with Crippen molar-refractivity contribution in [3.05, 3.63) is 17.0 Å². The van der Waals surface area contributed by atoms with Crippen LogP contribution in [0.1, 0.15) is 36.2 Å². The number of nitrogens with zero attached hydrogens (tertiary/aromatic N) is 2. The normalized spacial score (nSPS) is 12.1. The number of halogens is 3. The van der Waals surface area contributed by atoms with Crippen LogP contribution in [-0.2, 0) is 13.6 Å². The van der Waals surface area contributed by atoms with Crippen molar-refractivity contribution in [3.8, 4) is 0 Å². The second-order valence-corrected chi connectivity index (χ2v) is 4.52. The fourth-order valence-corrected chi connectivity index (χ4v) is 1.86. The van der Waals surface area contributed by atoms with E-state index in [0.29, 0.717) is 19.5 Å². The molecule has 0 saturated carbocycles. The standard InChI is InChI=1S/C12H20F3N3/c1-9-11(10(2)18(3)17-9)8-16-7-5-4-6-12(13,14)15/h16H,4-8H2,1-3H3. The van der Waals surface area contributed by atoms with Crippen molar-refractivity contribution in [2.75, 3.05) is 6.54 Å². The van der Waals surface area contributed by atoms with Gasteiger partial charge in [-0.15, -0.1) is 0 Å². The number of alkyl halides is 3. The molecule has 1 heterocycles.